The minimum Gasteiger partial charge on any atom is -0.508 e. The Balaban J connectivity index is 1.70. The quantitative estimate of drug-likeness (QED) is 0.835. The highest BCUT2D eigenvalue weighted by Crippen LogP contribution is 2.20. The van der Waals surface area contributed by atoms with Crippen LogP contribution in [0.1, 0.15) is 11.1 Å². The van der Waals surface area contributed by atoms with E-state index in [9.17, 15) is 9.90 Å². The summed E-state index contributed by atoms with van der Waals surface area (Å²) in [5, 5.41) is 12.2. The van der Waals surface area contributed by atoms with E-state index in [-0.39, 0.29) is 11.8 Å². The summed E-state index contributed by atoms with van der Waals surface area (Å²) in [5.41, 5.74) is 3.12. The van der Waals surface area contributed by atoms with E-state index in [1.54, 1.807) is 23.1 Å². The zero-order valence-corrected chi connectivity index (χ0v) is 11.0. The van der Waals surface area contributed by atoms with Crippen LogP contribution in [0.15, 0.2) is 48.5 Å². The van der Waals surface area contributed by atoms with Crippen LogP contribution in [0.25, 0.3) is 0 Å². The number of amides is 2. The normalized spacial score (nSPS) is 13.7. The van der Waals surface area contributed by atoms with Gasteiger partial charge in [0, 0.05) is 24.8 Å². The van der Waals surface area contributed by atoms with Crippen molar-refractivity contribution in [1.82, 2.24) is 4.90 Å². The third-order valence-electron chi connectivity index (χ3n) is 3.52. The third-order valence-corrected chi connectivity index (χ3v) is 3.52. The van der Waals surface area contributed by atoms with Gasteiger partial charge < -0.3 is 15.3 Å². The standard InChI is InChI=1S/C16H16N2O2/c19-15-7-3-6-14(10-15)17-16(20)18-9-8-12-4-1-2-5-13(12)11-18/h1-7,10,19H,8-9,11H2,(H,17,20). The van der Waals surface area contributed by atoms with E-state index in [0.717, 1.165) is 6.42 Å². The Morgan fingerprint density at radius 3 is 2.70 bits per heavy atom. The van der Waals surface area contributed by atoms with Crippen molar-refractivity contribution in [3.05, 3.63) is 59.7 Å². The average Bonchev–Trinajstić information content (AvgIpc) is 2.47. The molecule has 4 nitrogen and oxygen atoms in total. The molecule has 0 unspecified atom stereocenters. The molecule has 0 fully saturated rings. The lowest BCUT2D eigenvalue weighted by Crippen LogP contribution is -2.38. The molecule has 2 amide bonds. The highest BCUT2D eigenvalue weighted by atomic mass is 16.3. The molecule has 3 rings (SSSR count). The lowest BCUT2D eigenvalue weighted by atomic mass is 10.0. The van der Waals surface area contributed by atoms with E-state index in [0.29, 0.717) is 18.8 Å². The fourth-order valence-electron chi connectivity index (χ4n) is 2.46. The number of nitrogens with one attached hydrogen (secondary N) is 1. The van der Waals surface area contributed by atoms with Crippen molar-refractivity contribution >= 4 is 11.7 Å². The summed E-state index contributed by atoms with van der Waals surface area (Å²) in [6, 6.07) is 14.6. The summed E-state index contributed by atoms with van der Waals surface area (Å²) in [5.74, 6) is 0.145. The van der Waals surface area contributed by atoms with Gasteiger partial charge >= 0.3 is 6.03 Å². The molecule has 0 radical (unpaired) electrons. The minimum absolute atomic E-state index is 0.134. The lowest BCUT2D eigenvalue weighted by molar-refractivity contribution is 0.206. The average molecular weight is 268 g/mol. The van der Waals surface area contributed by atoms with Gasteiger partial charge in [-0.3, -0.25) is 0 Å². The van der Waals surface area contributed by atoms with Crippen LogP contribution in [0.5, 0.6) is 5.75 Å². The molecule has 1 aliphatic rings. The fourth-order valence-corrected chi connectivity index (χ4v) is 2.46. The molecule has 0 spiro atoms. The predicted molar refractivity (Wildman–Crippen MR) is 77.7 cm³/mol. The van der Waals surface area contributed by atoms with Crippen LogP contribution < -0.4 is 5.32 Å². The van der Waals surface area contributed by atoms with E-state index < -0.39 is 0 Å². The number of aromatic hydroxyl groups is 1. The second kappa shape index (κ2) is 5.25. The molecule has 1 heterocycles. The number of phenolic OH excluding ortho intramolecular Hbond substituents is 1. The molecule has 2 aromatic rings. The molecule has 0 atom stereocenters. The van der Waals surface area contributed by atoms with E-state index in [2.05, 4.69) is 17.4 Å². The maximum absolute atomic E-state index is 12.2. The lowest BCUT2D eigenvalue weighted by Gasteiger charge is -2.28. The Kier molecular flexibility index (Phi) is 3.29. The number of benzene rings is 2. The SMILES string of the molecule is O=C(Nc1cccc(O)c1)N1CCc2ccccc2C1. The summed E-state index contributed by atoms with van der Waals surface area (Å²) in [6.07, 6.45) is 0.879. The van der Waals surface area contributed by atoms with Crippen LogP contribution in [0.4, 0.5) is 10.5 Å². The molecule has 2 aromatic carbocycles. The molecule has 2 N–H and O–H groups in total. The van der Waals surface area contributed by atoms with Crippen LogP contribution in [-0.2, 0) is 13.0 Å². The van der Waals surface area contributed by atoms with Crippen molar-refractivity contribution in [3.8, 4) is 5.75 Å². The Morgan fingerprint density at radius 1 is 1.10 bits per heavy atom. The van der Waals surface area contributed by atoms with Gasteiger partial charge in [-0.15, -0.1) is 0 Å². The van der Waals surface area contributed by atoms with Gasteiger partial charge in [-0.1, -0.05) is 30.3 Å². The van der Waals surface area contributed by atoms with Crippen LogP contribution in [0.3, 0.4) is 0 Å². The summed E-state index contributed by atoms with van der Waals surface area (Å²) in [7, 11) is 0. The molecule has 0 bridgehead atoms. The molecule has 0 saturated carbocycles. The van der Waals surface area contributed by atoms with Crippen molar-refractivity contribution < 1.29 is 9.90 Å². The molecule has 0 aliphatic carbocycles. The van der Waals surface area contributed by atoms with E-state index in [1.165, 1.54) is 17.2 Å². The second-order valence-corrected chi connectivity index (χ2v) is 4.92. The van der Waals surface area contributed by atoms with E-state index in [4.69, 9.17) is 0 Å². The first-order valence-electron chi connectivity index (χ1n) is 6.64. The monoisotopic (exact) mass is 268 g/mol. The van der Waals surface area contributed by atoms with Gasteiger partial charge in [0.15, 0.2) is 0 Å². The minimum atomic E-state index is -0.134. The molecule has 102 valence electrons. The van der Waals surface area contributed by atoms with Gasteiger partial charge in [-0.25, -0.2) is 4.79 Å². The Hall–Kier alpha value is -2.49. The molecule has 0 aromatic heterocycles. The largest absolute Gasteiger partial charge is 0.508 e. The van der Waals surface area contributed by atoms with E-state index >= 15 is 0 Å². The van der Waals surface area contributed by atoms with E-state index in [1.807, 2.05) is 12.1 Å². The summed E-state index contributed by atoms with van der Waals surface area (Å²) in [4.78, 5) is 14.0. The van der Waals surface area contributed by atoms with Crippen LogP contribution in [0, 0.1) is 0 Å². The van der Waals surface area contributed by atoms with Gasteiger partial charge in [0.05, 0.1) is 0 Å². The fraction of sp³-hybridized carbons (Fsp3) is 0.188. The Labute approximate surface area is 117 Å². The van der Waals surface area contributed by atoms with Crippen LogP contribution in [-0.4, -0.2) is 22.6 Å². The van der Waals surface area contributed by atoms with Gasteiger partial charge in [-0.2, -0.15) is 0 Å². The first-order chi connectivity index (χ1) is 9.72. The Morgan fingerprint density at radius 2 is 1.90 bits per heavy atom. The van der Waals surface area contributed by atoms with Crippen molar-refractivity contribution in [3.63, 3.8) is 0 Å². The van der Waals surface area contributed by atoms with Crippen LogP contribution in [0.2, 0.25) is 0 Å². The second-order valence-electron chi connectivity index (χ2n) is 4.92. The van der Waals surface area contributed by atoms with Crippen LogP contribution >= 0.6 is 0 Å². The number of hydrogen-bond donors (Lipinski definition) is 2. The number of urea groups is 1. The summed E-state index contributed by atoms with van der Waals surface area (Å²) < 4.78 is 0. The first-order valence-corrected chi connectivity index (χ1v) is 6.64. The number of rotatable bonds is 1. The van der Waals surface area contributed by atoms with Crippen molar-refractivity contribution in [1.29, 1.82) is 0 Å². The highest BCUT2D eigenvalue weighted by Gasteiger charge is 2.20. The number of carbonyl (C=O) groups excluding carboxylic acids is 1. The number of anilines is 1. The highest BCUT2D eigenvalue weighted by molar-refractivity contribution is 5.89. The smallest absolute Gasteiger partial charge is 0.322 e. The number of fused-ring (bicyclic) bond motifs is 1. The molecular formula is C16H16N2O2. The first kappa shape index (κ1) is 12.5. The topological polar surface area (TPSA) is 52.6 Å². The number of hydrogen-bond acceptors (Lipinski definition) is 2. The molecule has 20 heavy (non-hydrogen) atoms. The molecule has 1 aliphatic heterocycles. The summed E-state index contributed by atoms with van der Waals surface area (Å²) >= 11 is 0. The van der Waals surface area contributed by atoms with Crippen molar-refractivity contribution in [2.45, 2.75) is 13.0 Å². The van der Waals surface area contributed by atoms with Gasteiger partial charge in [0.2, 0.25) is 0 Å². The maximum Gasteiger partial charge on any atom is 0.322 e. The third kappa shape index (κ3) is 2.59. The Bertz CT molecular complexity index is 640. The maximum atomic E-state index is 12.2. The summed E-state index contributed by atoms with van der Waals surface area (Å²) in [6.45, 7) is 1.34. The van der Waals surface area contributed by atoms with Crippen molar-refractivity contribution in [2.24, 2.45) is 0 Å². The molecule has 0 saturated heterocycles. The predicted octanol–water partition coefficient (Wildman–Crippen LogP) is 2.98. The van der Waals surface area contributed by atoms with Crippen molar-refractivity contribution in [2.75, 3.05) is 11.9 Å². The zero-order chi connectivity index (χ0) is 13.9. The number of phenols is 1. The van der Waals surface area contributed by atoms with Gasteiger partial charge in [-0.05, 0) is 29.7 Å². The van der Waals surface area contributed by atoms with Gasteiger partial charge in [0.25, 0.3) is 0 Å². The van der Waals surface area contributed by atoms with Gasteiger partial charge in [0.1, 0.15) is 5.75 Å². The zero-order valence-electron chi connectivity index (χ0n) is 11.0. The molecular weight excluding hydrogens is 252 g/mol. The molecule has 4 heteroatoms. The number of nitrogens with zero attached hydrogens (tertiary/aromatic N) is 1. The number of carbonyl (C=O) groups is 1.